The summed E-state index contributed by atoms with van der Waals surface area (Å²) in [5.41, 5.74) is 2.78. The molecular weight excluding hydrogens is 198 g/mol. The van der Waals surface area contributed by atoms with Gasteiger partial charge in [0.1, 0.15) is 5.76 Å². The maximum Gasteiger partial charge on any atom is 0.117 e. The van der Waals surface area contributed by atoms with Crippen molar-refractivity contribution in [2.75, 3.05) is 0 Å². The third-order valence-corrected chi connectivity index (χ3v) is 2.69. The summed E-state index contributed by atoms with van der Waals surface area (Å²) in [6.07, 6.45) is 2.79. The number of furan rings is 1. The van der Waals surface area contributed by atoms with Crippen LogP contribution in [-0.2, 0) is 19.5 Å². The van der Waals surface area contributed by atoms with Gasteiger partial charge in [-0.1, -0.05) is 31.2 Å². The van der Waals surface area contributed by atoms with Crippen LogP contribution in [0.2, 0.25) is 0 Å². The quantitative estimate of drug-likeness (QED) is 0.829. The number of hydrogen-bond donors (Lipinski definition) is 1. The molecule has 0 bridgehead atoms. The molecule has 1 N–H and O–H groups in total. The number of nitrogens with one attached hydrogen (secondary N) is 1. The van der Waals surface area contributed by atoms with Gasteiger partial charge in [-0.2, -0.15) is 0 Å². The zero-order valence-electron chi connectivity index (χ0n) is 9.57. The van der Waals surface area contributed by atoms with E-state index in [1.165, 1.54) is 11.1 Å². The molecule has 2 heteroatoms. The van der Waals surface area contributed by atoms with Gasteiger partial charge in [0, 0.05) is 6.54 Å². The van der Waals surface area contributed by atoms with E-state index in [0.29, 0.717) is 0 Å². The van der Waals surface area contributed by atoms with E-state index in [1.807, 2.05) is 12.1 Å². The van der Waals surface area contributed by atoms with Crippen LogP contribution in [0.1, 0.15) is 23.8 Å². The van der Waals surface area contributed by atoms with Gasteiger partial charge >= 0.3 is 0 Å². The summed E-state index contributed by atoms with van der Waals surface area (Å²) >= 11 is 0. The summed E-state index contributed by atoms with van der Waals surface area (Å²) in [5.74, 6) is 0.981. The summed E-state index contributed by atoms with van der Waals surface area (Å²) in [7, 11) is 0. The molecule has 0 saturated carbocycles. The Bertz CT molecular complexity index is 420. The highest BCUT2D eigenvalue weighted by Gasteiger charge is 1.99. The van der Waals surface area contributed by atoms with Crippen LogP contribution < -0.4 is 5.32 Å². The van der Waals surface area contributed by atoms with Crippen molar-refractivity contribution in [3.63, 3.8) is 0 Å². The van der Waals surface area contributed by atoms with Crippen molar-refractivity contribution in [1.29, 1.82) is 0 Å². The van der Waals surface area contributed by atoms with Crippen LogP contribution in [0, 0.1) is 0 Å². The molecule has 0 aliphatic rings. The molecule has 0 spiro atoms. The standard InChI is InChI=1S/C14H17NO/c1-2-12-6-3-4-7-13(12)10-15-11-14-8-5-9-16-14/h3-9,15H,2,10-11H2,1H3. The Hall–Kier alpha value is -1.54. The van der Waals surface area contributed by atoms with Crippen LogP contribution in [0.15, 0.2) is 47.1 Å². The lowest BCUT2D eigenvalue weighted by Gasteiger charge is -2.08. The van der Waals surface area contributed by atoms with Gasteiger partial charge in [-0.05, 0) is 29.7 Å². The van der Waals surface area contributed by atoms with Crippen molar-refractivity contribution in [2.24, 2.45) is 0 Å². The van der Waals surface area contributed by atoms with Crippen LogP contribution in [0.4, 0.5) is 0 Å². The van der Waals surface area contributed by atoms with Gasteiger partial charge in [0.15, 0.2) is 0 Å². The van der Waals surface area contributed by atoms with Gasteiger partial charge in [0.05, 0.1) is 12.8 Å². The molecule has 2 aromatic rings. The van der Waals surface area contributed by atoms with Crippen molar-refractivity contribution in [3.8, 4) is 0 Å². The number of hydrogen-bond acceptors (Lipinski definition) is 2. The Morgan fingerprint density at radius 1 is 1.00 bits per heavy atom. The average molecular weight is 215 g/mol. The molecular formula is C14H17NO. The summed E-state index contributed by atoms with van der Waals surface area (Å²) in [6, 6.07) is 12.4. The first-order chi connectivity index (χ1) is 7.90. The average Bonchev–Trinajstić information content (AvgIpc) is 2.83. The molecule has 0 amide bonds. The van der Waals surface area contributed by atoms with E-state index in [2.05, 4.69) is 36.5 Å². The van der Waals surface area contributed by atoms with Crippen LogP contribution in [-0.4, -0.2) is 0 Å². The van der Waals surface area contributed by atoms with Crippen molar-refractivity contribution >= 4 is 0 Å². The second-order valence-electron chi connectivity index (χ2n) is 3.81. The highest BCUT2D eigenvalue weighted by molar-refractivity contribution is 5.26. The van der Waals surface area contributed by atoms with E-state index in [0.717, 1.165) is 25.3 Å². The molecule has 0 aliphatic heterocycles. The zero-order valence-corrected chi connectivity index (χ0v) is 9.57. The maximum atomic E-state index is 5.27. The van der Waals surface area contributed by atoms with Crippen molar-refractivity contribution in [1.82, 2.24) is 5.32 Å². The van der Waals surface area contributed by atoms with Crippen molar-refractivity contribution < 1.29 is 4.42 Å². The lowest BCUT2D eigenvalue weighted by atomic mass is 10.1. The van der Waals surface area contributed by atoms with Gasteiger partial charge in [-0.25, -0.2) is 0 Å². The molecule has 0 saturated heterocycles. The van der Waals surface area contributed by atoms with Gasteiger partial charge in [-0.15, -0.1) is 0 Å². The van der Waals surface area contributed by atoms with Crippen LogP contribution in [0.25, 0.3) is 0 Å². The Labute approximate surface area is 96.3 Å². The summed E-state index contributed by atoms with van der Waals surface area (Å²) in [5, 5.41) is 3.39. The summed E-state index contributed by atoms with van der Waals surface area (Å²) < 4.78 is 5.27. The van der Waals surface area contributed by atoms with Gasteiger partial charge in [0.25, 0.3) is 0 Å². The van der Waals surface area contributed by atoms with E-state index in [1.54, 1.807) is 6.26 Å². The Balaban J connectivity index is 1.89. The molecule has 2 rings (SSSR count). The minimum Gasteiger partial charge on any atom is -0.468 e. The fourth-order valence-corrected chi connectivity index (χ4v) is 1.81. The predicted octanol–water partition coefficient (Wildman–Crippen LogP) is 3.13. The summed E-state index contributed by atoms with van der Waals surface area (Å²) in [6.45, 7) is 3.86. The Morgan fingerprint density at radius 2 is 1.81 bits per heavy atom. The van der Waals surface area contributed by atoms with E-state index in [9.17, 15) is 0 Å². The maximum absolute atomic E-state index is 5.27. The SMILES string of the molecule is CCc1ccccc1CNCc1ccco1. The lowest BCUT2D eigenvalue weighted by Crippen LogP contribution is -2.13. The minimum atomic E-state index is 0.783. The van der Waals surface area contributed by atoms with Crippen LogP contribution >= 0.6 is 0 Å². The highest BCUT2D eigenvalue weighted by Crippen LogP contribution is 2.09. The molecule has 1 aromatic carbocycles. The molecule has 0 radical (unpaired) electrons. The lowest BCUT2D eigenvalue weighted by molar-refractivity contribution is 0.482. The first-order valence-electron chi connectivity index (χ1n) is 5.70. The molecule has 0 aliphatic carbocycles. The number of rotatable bonds is 5. The van der Waals surface area contributed by atoms with Crippen molar-refractivity contribution in [2.45, 2.75) is 26.4 Å². The molecule has 0 unspecified atom stereocenters. The third-order valence-electron chi connectivity index (χ3n) is 2.69. The van der Waals surface area contributed by atoms with Crippen LogP contribution in [0.3, 0.4) is 0 Å². The molecule has 2 nitrogen and oxygen atoms in total. The molecule has 84 valence electrons. The van der Waals surface area contributed by atoms with E-state index >= 15 is 0 Å². The number of aryl methyl sites for hydroxylation is 1. The van der Waals surface area contributed by atoms with Crippen LogP contribution in [0.5, 0.6) is 0 Å². The molecule has 1 heterocycles. The normalized spacial score (nSPS) is 10.6. The van der Waals surface area contributed by atoms with Gasteiger partial charge in [-0.3, -0.25) is 0 Å². The Morgan fingerprint density at radius 3 is 2.50 bits per heavy atom. The predicted molar refractivity (Wildman–Crippen MR) is 65.1 cm³/mol. The monoisotopic (exact) mass is 215 g/mol. The molecule has 1 aromatic heterocycles. The van der Waals surface area contributed by atoms with E-state index < -0.39 is 0 Å². The topological polar surface area (TPSA) is 25.2 Å². The fourth-order valence-electron chi connectivity index (χ4n) is 1.81. The Kier molecular flexibility index (Phi) is 3.78. The van der Waals surface area contributed by atoms with Gasteiger partial charge in [0.2, 0.25) is 0 Å². The first kappa shape index (κ1) is 11.0. The van der Waals surface area contributed by atoms with Crippen molar-refractivity contribution in [3.05, 3.63) is 59.5 Å². The highest BCUT2D eigenvalue weighted by atomic mass is 16.3. The minimum absolute atomic E-state index is 0.783. The third kappa shape index (κ3) is 2.74. The van der Waals surface area contributed by atoms with Gasteiger partial charge < -0.3 is 9.73 Å². The largest absolute Gasteiger partial charge is 0.468 e. The molecule has 0 atom stereocenters. The number of benzene rings is 1. The second-order valence-corrected chi connectivity index (χ2v) is 3.81. The van der Waals surface area contributed by atoms with E-state index in [-0.39, 0.29) is 0 Å². The zero-order chi connectivity index (χ0) is 11.2. The molecule has 0 fully saturated rings. The first-order valence-corrected chi connectivity index (χ1v) is 5.70. The second kappa shape index (κ2) is 5.52. The van der Waals surface area contributed by atoms with E-state index in [4.69, 9.17) is 4.42 Å². The smallest absolute Gasteiger partial charge is 0.117 e. The summed E-state index contributed by atoms with van der Waals surface area (Å²) in [4.78, 5) is 0. The fraction of sp³-hybridized carbons (Fsp3) is 0.286. The molecule has 16 heavy (non-hydrogen) atoms.